The lowest BCUT2D eigenvalue weighted by molar-refractivity contribution is -0.146. The van der Waals surface area contributed by atoms with Crippen molar-refractivity contribution in [2.75, 3.05) is 14.2 Å². The number of rotatable bonds is 4. The smallest absolute Gasteiger partial charge is 0.333 e. The zero-order valence-corrected chi connectivity index (χ0v) is 14.0. The fraction of sp³-hybridized carbons (Fsp3) is 0.222. The molecular weight excluding hydrogens is 330 g/mol. The van der Waals surface area contributed by atoms with Gasteiger partial charge in [-0.15, -0.1) is 0 Å². The van der Waals surface area contributed by atoms with Gasteiger partial charge in [0.05, 0.1) is 14.2 Å². The average Bonchev–Trinajstić information content (AvgIpc) is 2.89. The molecule has 1 unspecified atom stereocenters. The molecule has 0 bridgehead atoms. The molecular formula is C18H16ClNO4. The first-order valence-electron chi connectivity index (χ1n) is 7.37. The van der Waals surface area contributed by atoms with Crippen molar-refractivity contribution in [1.29, 1.82) is 0 Å². The fourth-order valence-electron chi connectivity index (χ4n) is 2.88. The molecule has 0 spiro atoms. The Labute approximate surface area is 144 Å². The van der Waals surface area contributed by atoms with Gasteiger partial charge < -0.3 is 14.4 Å². The third-order valence-electron chi connectivity index (χ3n) is 4.07. The van der Waals surface area contributed by atoms with Crippen LogP contribution in [0.5, 0.6) is 5.75 Å². The number of hydrogen-bond donors (Lipinski definition) is 0. The number of carbonyl (C=O) groups is 2. The zero-order chi connectivity index (χ0) is 17.3. The molecule has 24 heavy (non-hydrogen) atoms. The van der Waals surface area contributed by atoms with Crippen molar-refractivity contribution in [2.24, 2.45) is 0 Å². The Morgan fingerprint density at radius 3 is 2.50 bits per heavy atom. The van der Waals surface area contributed by atoms with Gasteiger partial charge in [0.2, 0.25) is 0 Å². The molecule has 3 rings (SSSR count). The summed E-state index contributed by atoms with van der Waals surface area (Å²) in [5, 5.41) is 0.383. The van der Waals surface area contributed by atoms with Gasteiger partial charge in [-0.2, -0.15) is 0 Å². The summed E-state index contributed by atoms with van der Waals surface area (Å²) in [5.41, 5.74) is 1.82. The van der Waals surface area contributed by atoms with Crippen molar-refractivity contribution >= 4 is 23.5 Å². The minimum atomic E-state index is -0.840. The number of fused-ring (bicyclic) bond motifs is 1. The number of nitrogens with zero attached hydrogens (tertiary/aromatic N) is 1. The van der Waals surface area contributed by atoms with Crippen LogP contribution in [0, 0.1) is 0 Å². The van der Waals surface area contributed by atoms with Crippen LogP contribution in [0.25, 0.3) is 0 Å². The lowest BCUT2D eigenvalue weighted by Gasteiger charge is -2.23. The maximum atomic E-state index is 12.7. The molecule has 2 aromatic carbocycles. The first-order valence-corrected chi connectivity index (χ1v) is 7.74. The van der Waals surface area contributed by atoms with Crippen LogP contribution in [0.4, 0.5) is 0 Å². The summed E-state index contributed by atoms with van der Waals surface area (Å²) in [6.45, 7) is 0.271. The van der Waals surface area contributed by atoms with Crippen molar-refractivity contribution in [3.05, 3.63) is 64.2 Å². The maximum Gasteiger partial charge on any atom is 0.333 e. The summed E-state index contributed by atoms with van der Waals surface area (Å²) in [4.78, 5) is 26.5. The maximum absolute atomic E-state index is 12.7. The second kappa shape index (κ2) is 6.53. The predicted molar refractivity (Wildman–Crippen MR) is 89.1 cm³/mol. The summed E-state index contributed by atoms with van der Waals surface area (Å²) in [5.74, 6) is -0.0234. The number of amides is 1. The zero-order valence-electron chi connectivity index (χ0n) is 13.3. The highest BCUT2D eigenvalue weighted by Gasteiger charge is 2.43. The van der Waals surface area contributed by atoms with Crippen LogP contribution < -0.4 is 4.74 Å². The molecule has 0 saturated carbocycles. The summed E-state index contributed by atoms with van der Waals surface area (Å²) in [7, 11) is 2.89. The number of halogens is 1. The number of benzene rings is 2. The van der Waals surface area contributed by atoms with Crippen molar-refractivity contribution in [1.82, 2.24) is 4.90 Å². The fourth-order valence-corrected chi connectivity index (χ4v) is 3.15. The molecule has 124 valence electrons. The van der Waals surface area contributed by atoms with E-state index in [9.17, 15) is 9.59 Å². The molecule has 0 aliphatic carbocycles. The lowest BCUT2D eigenvalue weighted by Crippen LogP contribution is -2.32. The molecule has 1 aliphatic heterocycles. The van der Waals surface area contributed by atoms with Crippen molar-refractivity contribution < 1.29 is 19.1 Å². The molecule has 1 heterocycles. The molecule has 0 N–H and O–H groups in total. The van der Waals surface area contributed by atoms with Crippen LogP contribution in [0.2, 0.25) is 5.02 Å². The predicted octanol–water partition coefficient (Wildman–Crippen LogP) is 3.22. The molecule has 1 atom stereocenters. The van der Waals surface area contributed by atoms with Crippen molar-refractivity contribution in [3.63, 3.8) is 0 Å². The Kier molecular flexibility index (Phi) is 4.44. The van der Waals surface area contributed by atoms with E-state index in [1.165, 1.54) is 12.0 Å². The van der Waals surface area contributed by atoms with E-state index in [2.05, 4.69) is 0 Å². The summed E-state index contributed by atoms with van der Waals surface area (Å²) < 4.78 is 10.0. The molecule has 2 aromatic rings. The van der Waals surface area contributed by atoms with E-state index in [0.29, 0.717) is 16.1 Å². The Hall–Kier alpha value is -2.53. The standard InChI is InChI=1S/C18H16ClNO4/c1-23-12-8-6-11(7-9-12)10-20-16(18(22)24-2)15-13(17(20)21)4-3-5-14(15)19/h3-9,16H,10H2,1-2H3. The van der Waals surface area contributed by atoms with Gasteiger partial charge >= 0.3 is 5.97 Å². The summed E-state index contributed by atoms with van der Waals surface area (Å²) in [6, 6.07) is 11.5. The third kappa shape index (κ3) is 2.71. The number of carbonyl (C=O) groups excluding carboxylic acids is 2. The number of hydrogen-bond acceptors (Lipinski definition) is 4. The topological polar surface area (TPSA) is 55.8 Å². The van der Waals surface area contributed by atoms with E-state index in [-0.39, 0.29) is 12.5 Å². The van der Waals surface area contributed by atoms with E-state index in [1.54, 1.807) is 25.3 Å². The second-order valence-electron chi connectivity index (χ2n) is 5.41. The highest BCUT2D eigenvalue weighted by atomic mass is 35.5. The van der Waals surface area contributed by atoms with Crippen LogP contribution in [-0.4, -0.2) is 31.0 Å². The molecule has 0 saturated heterocycles. The first kappa shape index (κ1) is 16.3. The van der Waals surface area contributed by atoms with Gasteiger partial charge in [0.1, 0.15) is 5.75 Å². The molecule has 6 heteroatoms. The van der Waals surface area contributed by atoms with E-state index in [0.717, 1.165) is 11.3 Å². The second-order valence-corrected chi connectivity index (χ2v) is 5.82. The molecule has 0 fully saturated rings. The quantitative estimate of drug-likeness (QED) is 0.798. The monoisotopic (exact) mass is 345 g/mol. The van der Waals surface area contributed by atoms with Gasteiger partial charge in [0, 0.05) is 22.7 Å². The average molecular weight is 346 g/mol. The highest BCUT2D eigenvalue weighted by Crippen LogP contribution is 2.39. The van der Waals surface area contributed by atoms with Crippen LogP contribution in [0.15, 0.2) is 42.5 Å². The van der Waals surface area contributed by atoms with E-state index in [1.807, 2.05) is 24.3 Å². The normalized spacial score (nSPS) is 16.0. The van der Waals surface area contributed by atoms with Gasteiger partial charge in [-0.25, -0.2) is 4.79 Å². The van der Waals surface area contributed by atoms with Gasteiger partial charge in [0.25, 0.3) is 5.91 Å². The van der Waals surface area contributed by atoms with Crippen molar-refractivity contribution in [2.45, 2.75) is 12.6 Å². The van der Waals surface area contributed by atoms with Crippen molar-refractivity contribution in [3.8, 4) is 5.75 Å². The Morgan fingerprint density at radius 1 is 1.17 bits per heavy atom. The molecule has 1 aliphatic rings. The third-order valence-corrected chi connectivity index (χ3v) is 4.40. The van der Waals surface area contributed by atoms with E-state index >= 15 is 0 Å². The Balaban J connectivity index is 1.98. The lowest BCUT2D eigenvalue weighted by atomic mass is 10.0. The highest BCUT2D eigenvalue weighted by molar-refractivity contribution is 6.32. The first-order chi connectivity index (χ1) is 11.6. The number of ether oxygens (including phenoxy) is 2. The SMILES string of the molecule is COC(=O)C1c2c(Cl)cccc2C(=O)N1Cc1ccc(OC)cc1. The Bertz CT molecular complexity index is 788. The number of esters is 1. The molecule has 0 radical (unpaired) electrons. The number of methoxy groups -OCH3 is 2. The minimum absolute atomic E-state index is 0.237. The largest absolute Gasteiger partial charge is 0.497 e. The van der Waals surface area contributed by atoms with Crippen LogP contribution in [-0.2, 0) is 16.1 Å². The Morgan fingerprint density at radius 2 is 1.88 bits per heavy atom. The van der Waals surface area contributed by atoms with Crippen LogP contribution in [0.3, 0.4) is 0 Å². The van der Waals surface area contributed by atoms with Gasteiger partial charge in [-0.05, 0) is 29.8 Å². The van der Waals surface area contributed by atoms with Gasteiger partial charge in [-0.1, -0.05) is 29.8 Å². The van der Waals surface area contributed by atoms with Gasteiger partial charge in [-0.3, -0.25) is 4.79 Å². The van der Waals surface area contributed by atoms with Gasteiger partial charge in [0.15, 0.2) is 6.04 Å². The minimum Gasteiger partial charge on any atom is -0.497 e. The van der Waals surface area contributed by atoms with Crippen LogP contribution in [0.1, 0.15) is 27.5 Å². The molecule has 5 nitrogen and oxygen atoms in total. The summed E-state index contributed by atoms with van der Waals surface area (Å²) in [6.07, 6.45) is 0. The van der Waals surface area contributed by atoms with Crippen LogP contribution >= 0.6 is 11.6 Å². The van der Waals surface area contributed by atoms with E-state index < -0.39 is 12.0 Å². The molecule has 1 amide bonds. The summed E-state index contributed by atoms with van der Waals surface area (Å²) >= 11 is 6.24. The molecule has 0 aromatic heterocycles. The van der Waals surface area contributed by atoms with E-state index in [4.69, 9.17) is 21.1 Å².